The fraction of sp³-hybridized carbons (Fsp3) is 0.429. The molecular formula is C14H20O. The van der Waals surface area contributed by atoms with Gasteiger partial charge in [0, 0.05) is 0 Å². The molecule has 1 heteroatoms. The fourth-order valence-corrected chi connectivity index (χ4v) is 1.35. The maximum absolute atomic E-state index is 5.11. The maximum atomic E-state index is 5.11. The number of methoxy groups -OCH3 is 1. The van der Waals surface area contributed by atoms with E-state index >= 15 is 0 Å². The lowest BCUT2D eigenvalue weighted by Crippen LogP contribution is -1.85. The third-order valence-corrected chi connectivity index (χ3v) is 2.29. The van der Waals surface area contributed by atoms with Crippen LogP contribution in [0.15, 0.2) is 36.4 Å². The van der Waals surface area contributed by atoms with Gasteiger partial charge in [0.25, 0.3) is 0 Å². The van der Waals surface area contributed by atoms with E-state index in [-0.39, 0.29) is 0 Å². The number of hydrogen-bond donors (Lipinski definition) is 0. The van der Waals surface area contributed by atoms with Crippen molar-refractivity contribution in [3.05, 3.63) is 42.0 Å². The van der Waals surface area contributed by atoms with Gasteiger partial charge < -0.3 is 4.74 Å². The normalized spacial score (nSPS) is 11.2. The quantitative estimate of drug-likeness (QED) is 0.662. The molecule has 0 aliphatic heterocycles. The third-order valence-electron chi connectivity index (χ3n) is 2.29. The van der Waals surface area contributed by atoms with Crippen LogP contribution in [0, 0.1) is 5.92 Å². The Bertz CT molecular complexity index is 296. The summed E-state index contributed by atoms with van der Waals surface area (Å²) in [6.07, 6.45) is 6.67. The first-order chi connectivity index (χ1) is 7.22. The highest BCUT2D eigenvalue weighted by Crippen LogP contribution is 2.12. The lowest BCUT2D eigenvalue weighted by atomic mass is 10.1. The minimum Gasteiger partial charge on any atom is -0.497 e. The second kappa shape index (κ2) is 6.28. The van der Waals surface area contributed by atoms with Gasteiger partial charge in [-0.1, -0.05) is 38.1 Å². The van der Waals surface area contributed by atoms with E-state index in [4.69, 9.17) is 4.74 Å². The van der Waals surface area contributed by atoms with Gasteiger partial charge in [-0.15, -0.1) is 0 Å². The van der Waals surface area contributed by atoms with Gasteiger partial charge in [-0.3, -0.25) is 0 Å². The number of rotatable bonds is 5. The molecule has 0 spiro atoms. The molecule has 0 heterocycles. The fourth-order valence-electron chi connectivity index (χ4n) is 1.35. The molecule has 0 aromatic heterocycles. The Hall–Kier alpha value is -1.24. The van der Waals surface area contributed by atoms with Gasteiger partial charge in [0.15, 0.2) is 0 Å². The van der Waals surface area contributed by atoms with Gasteiger partial charge in [0.1, 0.15) is 5.75 Å². The molecular weight excluding hydrogens is 184 g/mol. The largest absolute Gasteiger partial charge is 0.497 e. The monoisotopic (exact) mass is 204 g/mol. The van der Waals surface area contributed by atoms with Gasteiger partial charge in [-0.25, -0.2) is 0 Å². The summed E-state index contributed by atoms with van der Waals surface area (Å²) in [7, 11) is 1.69. The molecule has 15 heavy (non-hydrogen) atoms. The van der Waals surface area contributed by atoms with Crippen molar-refractivity contribution in [3.8, 4) is 5.75 Å². The van der Waals surface area contributed by atoms with Crippen LogP contribution in [0.2, 0.25) is 0 Å². The predicted octanol–water partition coefficient (Wildman–Crippen LogP) is 3.84. The second-order valence-corrected chi connectivity index (χ2v) is 4.15. The zero-order valence-electron chi connectivity index (χ0n) is 9.86. The van der Waals surface area contributed by atoms with E-state index in [0.717, 1.165) is 24.5 Å². The average molecular weight is 204 g/mol. The van der Waals surface area contributed by atoms with Crippen molar-refractivity contribution in [3.63, 3.8) is 0 Å². The van der Waals surface area contributed by atoms with Gasteiger partial charge in [-0.05, 0) is 36.5 Å². The highest BCUT2D eigenvalue weighted by atomic mass is 16.5. The van der Waals surface area contributed by atoms with Crippen LogP contribution >= 0.6 is 0 Å². The van der Waals surface area contributed by atoms with Gasteiger partial charge in [0.05, 0.1) is 7.11 Å². The molecule has 0 aliphatic rings. The number of allylic oxidation sites excluding steroid dienone is 2. The molecule has 0 radical (unpaired) electrons. The molecule has 0 fully saturated rings. The molecule has 0 bridgehead atoms. The lowest BCUT2D eigenvalue weighted by Gasteiger charge is -2.01. The van der Waals surface area contributed by atoms with Crippen LogP contribution in [0.3, 0.4) is 0 Å². The molecule has 0 unspecified atom stereocenters. The van der Waals surface area contributed by atoms with E-state index in [1.807, 2.05) is 12.1 Å². The summed E-state index contributed by atoms with van der Waals surface area (Å²) in [5.74, 6) is 1.67. The van der Waals surface area contributed by atoms with Crippen molar-refractivity contribution in [1.29, 1.82) is 0 Å². The Morgan fingerprint density at radius 2 is 1.80 bits per heavy atom. The minimum absolute atomic E-state index is 0.747. The van der Waals surface area contributed by atoms with E-state index < -0.39 is 0 Å². The number of ether oxygens (including phenoxy) is 1. The zero-order valence-corrected chi connectivity index (χ0v) is 9.86. The first kappa shape index (κ1) is 11.8. The Balaban J connectivity index is 2.40. The van der Waals surface area contributed by atoms with Gasteiger partial charge >= 0.3 is 0 Å². The van der Waals surface area contributed by atoms with Crippen molar-refractivity contribution < 1.29 is 4.74 Å². The topological polar surface area (TPSA) is 9.23 Å². The summed E-state index contributed by atoms with van der Waals surface area (Å²) in [5, 5.41) is 0. The molecule has 82 valence electrons. The van der Waals surface area contributed by atoms with Crippen LogP contribution in [-0.4, -0.2) is 7.11 Å². The average Bonchev–Trinajstić information content (AvgIpc) is 2.25. The Morgan fingerprint density at radius 1 is 1.13 bits per heavy atom. The highest BCUT2D eigenvalue weighted by Gasteiger charge is 1.92. The zero-order chi connectivity index (χ0) is 11.1. The molecule has 0 aliphatic carbocycles. The summed E-state index contributed by atoms with van der Waals surface area (Å²) in [6, 6.07) is 8.23. The van der Waals surface area contributed by atoms with Crippen LogP contribution in [0.1, 0.15) is 25.8 Å². The SMILES string of the molecule is COc1ccc(CC=CCC(C)C)cc1. The summed E-state index contributed by atoms with van der Waals surface area (Å²) in [5.41, 5.74) is 1.33. The molecule has 1 aromatic rings. The first-order valence-corrected chi connectivity index (χ1v) is 5.50. The molecule has 1 nitrogen and oxygen atoms in total. The molecule has 0 amide bonds. The van der Waals surface area contributed by atoms with Crippen LogP contribution in [0.5, 0.6) is 5.75 Å². The highest BCUT2D eigenvalue weighted by molar-refractivity contribution is 5.28. The van der Waals surface area contributed by atoms with E-state index in [0.29, 0.717) is 0 Å². The molecule has 0 atom stereocenters. The van der Waals surface area contributed by atoms with E-state index in [9.17, 15) is 0 Å². The van der Waals surface area contributed by atoms with Crippen molar-refractivity contribution in [2.24, 2.45) is 5.92 Å². The van der Waals surface area contributed by atoms with Crippen LogP contribution in [-0.2, 0) is 6.42 Å². The number of hydrogen-bond acceptors (Lipinski definition) is 1. The van der Waals surface area contributed by atoms with Crippen molar-refractivity contribution in [2.75, 3.05) is 7.11 Å². The molecule has 0 N–H and O–H groups in total. The minimum atomic E-state index is 0.747. The molecule has 0 saturated heterocycles. The van der Waals surface area contributed by atoms with Gasteiger partial charge in [-0.2, -0.15) is 0 Å². The Labute approximate surface area is 92.8 Å². The Kier molecular flexibility index (Phi) is 4.96. The van der Waals surface area contributed by atoms with Crippen LogP contribution in [0.25, 0.3) is 0 Å². The Morgan fingerprint density at radius 3 is 2.33 bits per heavy atom. The predicted molar refractivity (Wildman–Crippen MR) is 65.3 cm³/mol. The van der Waals surface area contributed by atoms with Gasteiger partial charge in [0.2, 0.25) is 0 Å². The summed E-state index contributed by atoms with van der Waals surface area (Å²) < 4.78 is 5.11. The molecule has 1 rings (SSSR count). The third kappa shape index (κ3) is 4.68. The van der Waals surface area contributed by atoms with Crippen molar-refractivity contribution in [1.82, 2.24) is 0 Å². The molecule has 0 saturated carbocycles. The summed E-state index contributed by atoms with van der Waals surface area (Å²) >= 11 is 0. The van der Waals surface area contributed by atoms with Crippen molar-refractivity contribution >= 4 is 0 Å². The smallest absolute Gasteiger partial charge is 0.118 e. The lowest BCUT2D eigenvalue weighted by molar-refractivity contribution is 0.414. The van der Waals surface area contributed by atoms with Crippen molar-refractivity contribution in [2.45, 2.75) is 26.7 Å². The van der Waals surface area contributed by atoms with Crippen LogP contribution in [0.4, 0.5) is 0 Å². The summed E-state index contributed by atoms with van der Waals surface area (Å²) in [6.45, 7) is 4.47. The first-order valence-electron chi connectivity index (χ1n) is 5.50. The van der Waals surface area contributed by atoms with Crippen LogP contribution < -0.4 is 4.74 Å². The van der Waals surface area contributed by atoms with E-state index in [2.05, 4.69) is 38.1 Å². The standard InChI is InChI=1S/C14H20O/c1-12(2)6-4-5-7-13-8-10-14(15-3)11-9-13/h4-5,8-12H,6-7H2,1-3H3. The maximum Gasteiger partial charge on any atom is 0.118 e. The summed E-state index contributed by atoms with van der Waals surface area (Å²) in [4.78, 5) is 0. The number of benzene rings is 1. The van der Waals surface area contributed by atoms with E-state index in [1.54, 1.807) is 7.11 Å². The second-order valence-electron chi connectivity index (χ2n) is 4.15. The van der Waals surface area contributed by atoms with E-state index in [1.165, 1.54) is 5.56 Å². The molecule has 1 aromatic carbocycles.